The molecule has 28 heavy (non-hydrogen) atoms. The summed E-state index contributed by atoms with van der Waals surface area (Å²) in [6.45, 7) is 12.1. The van der Waals surface area contributed by atoms with Crippen molar-refractivity contribution in [1.29, 1.82) is 0 Å². The Kier molecular flexibility index (Phi) is 11.1. The van der Waals surface area contributed by atoms with E-state index < -0.39 is 0 Å². The summed E-state index contributed by atoms with van der Waals surface area (Å²) in [6.07, 6.45) is 6.37. The first-order valence-electron chi connectivity index (χ1n) is 10.8. The standard InChI is InChI=1S/C21H37N5S.HI/c1-3-22-21(23-15-20-7-5-6-11-26(20)4-2)24-19-8-12-25(13-9-19)16-18-10-14-27-17-18;/h10,14,17,19-20H,3-9,11-13,15-16H2,1-2H3,(H2,22,23,24);1H. The Balaban J connectivity index is 0.00000280. The molecule has 1 aromatic heterocycles. The van der Waals surface area contributed by atoms with E-state index in [4.69, 9.17) is 4.99 Å². The quantitative estimate of drug-likeness (QED) is 0.327. The first kappa shape index (κ1) is 23.9. The monoisotopic (exact) mass is 519 g/mol. The van der Waals surface area contributed by atoms with Crippen molar-refractivity contribution in [3.05, 3.63) is 22.4 Å². The van der Waals surface area contributed by atoms with Crippen molar-refractivity contribution >= 4 is 41.3 Å². The second-order valence-electron chi connectivity index (χ2n) is 7.82. The summed E-state index contributed by atoms with van der Waals surface area (Å²) >= 11 is 1.79. The molecule has 1 atom stereocenters. The topological polar surface area (TPSA) is 42.9 Å². The molecule has 160 valence electrons. The van der Waals surface area contributed by atoms with Crippen molar-refractivity contribution in [2.24, 2.45) is 4.99 Å². The first-order chi connectivity index (χ1) is 13.3. The Hall–Kier alpha value is -0.380. The van der Waals surface area contributed by atoms with Crippen LogP contribution in [-0.2, 0) is 6.54 Å². The van der Waals surface area contributed by atoms with E-state index in [9.17, 15) is 0 Å². The van der Waals surface area contributed by atoms with Gasteiger partial charge in [0.25, 0.3) is 0 Å². The number of nitrogens with one attached hydrogen (secondary N) is 2. The van der Waals surface area contributed by atoms with Crippen molar-refractivity contribution in [2.75, 3.05) is 39.3 Å². The number of nitrogens with zero attached hydrogens (tertiary/aromatic N) is 3. The molecule has 2 aliphatic rings. The Bertz CT molecular complexity index is 557. The van der Waals surface area contributed by atoms with Crippen LogP contribution in [0.25, 0.3) is 0 Å². The van der Waals surface area contributed by atoms with Gasteiger partial charge in [-0.2, -0.15) is 11.3 Å². The van der Waals surface area contributed by atoms with Gasteiger partial charge in [0.2, 0.25) is 0 Å². The SMILES string of the molecule is CCNC(=NCC1CCCCN1CC)NC1CCN(Cc2ccsc2)CC1.I. The zero-order chi connectivity index (χ0) is 18.9. The third kappa shape index (κ3) is 7.46. The number of likely N-dealkylation sites (N-methyl/N-ethyl adjacent to an activating group) is 1. The largest absolute Gasteiger partial charge is 0.357 e. The van der Waals surface area contributed by atoms with Gasteiger partial charge in [0.15, 0.2) is 5.96 Å². The zero-order valence-corrected chi connectivity index (χ0v) is 20.7. The average Bonchev–Trinajstić information content (AvgIpc) is 3.21. The molecule has 1 aromatic rings. The molecule has 0 aliphatic carbocycles. The first-order valence-corrected chi connectivity index (χ1v) is 11.7. The number of guanidine groups is 1. The van der Waals surface area contributed by atoms with Crippen LogP contribution < -0.4 is 10.6 Å². The predicted molar refractivity (Wildman–Crippen MR) is 132 cm³/mol. The lowest BCUT2D eigenvalue weighted by Gasteiger charge is -2.34. The maximum absolute atomic E-state index is 4.95. The number of likely N-dealkylation sites (tertiary alicyclic amines) is 2. The van der Waals surface area contributed by atoms with Crippen LogP contribution in [0.1, 0.15) is 51.5 Å². The Morgan fingerprint density at radius 2 is 2.00 bits per heavy atom. The van der Waals surface area contributed by atoms with Gasteiger partial charge >= 0.3 is 0 Å². The summed E-state index contributed by atoms with van der Waals surface area (Å²) in [5.41, 5.74) is 1.45. The van der Waals surface area contributed by atoms with Crippen LogP contribution in [-0.4, -0.2) is 67.1 Å². The van der Waals surface area contributed by atoms with Crippen molar-refractivity contribution in [3.8, 4) is 0 Å². The van der Waals surface area contributed by atoms with E-state index >= 15 is 0 Å². The van der Waals surface area contributed by atoms with Gasteiger partial charge in [-0.15, -0.1) is 24.0 Å². The Labute approximate surface area is 192 Å². The molecule has 0 saturated carbocycles. The van der Waals surface area contributed by atoms with Crippen LogP contribution in [0.5, 0.6) is 0 Å². The zero-order valence-electron chi connectivity index (χ0n) is 17.5. The molecule has 3 rings (SSSR count). The molecule has 3 heterocycles. The third-order valence-corrected chi connectivity index (χ3v) is 6.61. The molecule has 2 saturated heterocycles. The van der Waals surface area contributed by atoms with Crippen LogP contribution in [0, 0.1) is 0 Å². The molecule has 1 unspecified atom stereocenters. The van der Waals surface area contributed by atoms with Crippen LogP contribution in [0.2, 0.25) is 0 Å². The van der Waals surface area contributed by atoms with Crippen molar-refractivity contribution in [1.82, 2.24) is 20.4 Å². The Morgan fingerprint density at radius 3 is 2.68 bits per heavy atom. The minimum Gasteiger partial charge on any atom is -0.357 e. The number of hydrogen-bond donors (Lipinski definition) is 2. The summed E-state index contributed by atoms with van der Waals surface area (Å²) in [5, 5.41) is 11.6. The van der Waals surface area contributed by atoms with E-state index in [1.807, 2.05) is 0 Å². The van der Waals surface area contributed by atoms with Crippen molar-refractivity contribution < 1.29 is 0 Å². The highest BCUT2D eigenvalue weighted by Crippen LogP contribution is 2.17. The van der Waals surface area contributed by atoms with E-state index in [0.29, 0.717) is 12.1 Å². The summed E-state index contributed by atoms with van der Waals surface area (Å²) in [5.74, 6) is 1.01. The van der Waals surface area contributed by atoms with E-state index in [2.05, 4.69) is 51.1 Å². The van der Waals surface area contributed by atoms with Crippen molar-refractivity contribution in [2.45, 2.75) is 64.6 Å². The van der Waals surface area contributed by atoms with Gasteiger partial charge in [0.1, 0.15) is 0 Å². The van der Waals surface area contributed by atoms with Gasteiger partial charge in [-0.3, -0.25) is 14.8 Å². The molecular formula is C21H38IN5S. The predicted octanol–water partition coefficient (Wildman–Crippen LogP) is 3.76. The lowest BCUT2D eigenvalue weighted by molar-refractivity contribution is 0.161. The summed E-state index contributed by atoms with van der Waals surface area (Å²) in [4.78, 5) is 10.1. The molecule has 2 N–H and O–H groups in total. The minimum atomic E-state index is 0. The lowest BCUT2D eigenvalue weighted by Crippen LogP contribution is -2.49. The van der Waals surface area contributed by atoms with E-state index in [0.717, 1.165) is 32.1 Å². The van der Waals surface area contributed by atoms with Gasteiger partial charge in [-0.25, -0.2) is 0 Å². The number of halogens is 1. The molecule has 0 radical (unpaired) electrons. The van der Waals surface area contributed by atoms with Gasteiger partial charge in [0, 0.05) is 38.3 Å². The number of hydrogen-bond acceptors (Lipinski definition) is 4. The highest BCUT2D eigenvalue weighted by molar-refractivity contribution is 14.0. The molecule has 5 nitrogen and oxygen atoms in total. The van der Waals surface area contributed by atoms with Gasteiger partial charge in [-0.1, -0.05) is 13.3 Å². The molecule has 0 spiro atoms. The van der Waals surface area contributed by atoms with Crippen LogP contribution in [0.4, 0.5) is 0 Å². The van der Waals surface area contributed by atoms with Crippen LogP contribution in [0.15, 0.2) is 21.8 Å². The maximum atomic E-state index is 4.95. The number of piperidine rings is 2. The summed E-state index contributed by atoms with van der Waals surface area (Å²) in [7, 11) is 0. The van der Waals surface area contributed by atoms with E-state index in [1.165, 1.54) is 57.3 Å². The van der Waals surface area contributed by atoms with Crippen molar-refractivity contribution in [3.63, 3.8) is 0 Å². The fourth-order valence-electron chi connectivity index (χ4n) is 4.27. The minimum absolute atomic E-state index is 0. The number of aliphatic imine (C=N–C) groups is 1. The lowest BCUT2D eigenvalue weighted by atomic mass is 10.0. The molecular weight excluding hydrogens is 481 g/mol. The fraction of sp³-hybridized carbons (Fsp3) is 0.762. The van der Waals surface area contributed by atoms with Crippen LogP contribution in [0.3, 0.4) is 0 Å². The summed E-state index contributed by atoms with van der Waals surface area (Å²) in [6, 6.07) is 3.40. The molecule has 2 aliphatic heterocycles. The maximum Gasteiger partial charge on any atom is 0.191 e. The normalized spacial score (nSPS) is 22.6. The summed E-state index contributed by atoms with van der Waals surface area (Å²) < 4.78 is 0. The van der Waals surface area contributed by atoms with E-state index in [-0.39, 0.29) is 24.0 Å². The van der Waals surface area contributed by atoms with E-state index in [1.54, 1.807) is 11.3 Å². The van der Waals surface area contributed by atoms with Crippen LogP contribution >= 0.6 is 35.3 Å². The van der Waals surface area contributed by atoms with Gasteiger partial charge in [-0.05, 0) is 68.1 Å². The average molecular weight is 520 g/mol. The highest BCUT2D eigenvalue weighted by atomic mass is 127. The molecule has 0 aromatic carbocycles. The number of thiophene rings is 1. The third-order valence-electron chi connectivity index (χ3n) is 5.87. The number of rotatable bonds is 7. The molecule has 7 heteroatoms. The molecule has 2 fully saturated rings. The second-order valence-corrected chi connectivity index (χ2v) is 8.60. The molecule has 0 amide bonds. The molecule has 0 bridgehead atoms. The Morgan fingerprint density at radius 1 is 1.18 bits per heavy atom. The van der Waals surface area contributed by atoms with Gasteiger partial charge < -0.3 is 10.6 Å². The van der Waals surface area contributed by atoms with Gasteiger partial charge in [0.05, 0.1) is 6.54 Å². The smallest absolute Gasteiger partial charge is 0.191 e. The fourth-order valence-corrected chi connectivity index (χ4v) is 4.93. The highest BCUT2D eigenvalue weighted by Gasteiger charge is 2.22. The second kappa shape index (κ2) is 13.0.